The van der Waals surface area contributed by atoms with E-state index in [4.69, 9.17) is 22.1 Å². The normalized spacial score (nSPS) is 10.3. The van der Waals surface area contributed by atoms with Gasteiger partial charge < -0.3 is 10.5 Å². The van der Waals surface area contributed by atoms with Crippen LogP contribution in [0.2, 0.25) is 5.02 Å². The lowest BCUT2D eigenvalue weighted by molar-refractivity contribution is 0.456. The molecule has 0 bridgehead atoms. The average molecular weight is 249 g/mol. The van der Waals surface area contributed by atoms with Gasteiger partial charge >= 0.3 is 0 Å². The number of aromatic nitrogens is 1. The van der Waals surface area contributed by atoms with Crippen molar-refractivity contribution in [2.45, 2.75) is 13.5 Å². The van der Waals surface area contributed by atoms with E-state index in [1.807, 2.05) is 31.2 Å². The van der Waals surface area contributed by atoms with Crippen LogP contribution < -0.4 is 10.5 Å². The summed E-state index contributed by atoms with van der Waals surface area (Å²) in [7, 11) is 0. The minimum absolute atomic E-state index is 0.334. The summed E-state index contributed by atoms with van der Waals surface area (Å²) in [6.07, 6.45) is 0. The smallest absolute Gasteiger partial charge is 0.219 e. The summed E-state index contributed by atoms with van der Waals surface area (Å²) in [5.41, 5.74) is 7.34. The second-order valence-corrected chi connectivity index (χ2v) is 4.05. The molecular weight excluding hydrogens is 236 g/mol. The second-order valence-electron chi connectivity index (χ2n) is 3.64. The Bertz CT molecular complexity index is 529. The van der Waals surface area contributed by atoms with Crippen LogP contribution in [-0.2, 0) is 6.54 Å². The number of aryl methyl sites for hydroxylation is 1. The molecule has 0 aliphatic carbocycles. The van der Waals surface area contributed by atoms with Crippen LogP contribution >= 0.6 is 11.6 Å². The molecule has 0 aliphatic rings. The molecule has 0 radical (unpaired) electrons. The molecule has 0 saturated carbocycles. The first-order valence-electron chi connectivity index (χ1n) is 5.29. The number of hydrogen-bond acceptors (Lipinski definition) is 3. The first-order chi connectivity index (χ1) is 8.20. The molecule has 1 heterocycles. The van der Waals surface area contributed by atoms with Gasteiger partial charge in [-0.2, -0.15) is 0 Å². The zero-order chi connectivity index (χ0) is 12.3. The van der Waals surface area contributed by atoms with Crippen molar-refractivity contribution in [2.24, 2.45) is 5.73 Å². The fourth-order valence-electron chi connectivity index (χ4n) is 1.52. The molecule has 0 spiro atoms. The van der Waals surface area contributed by atoms with Gasteiger partial charge in [-0.25, -0.2) is 4.98 Å². The van der Waals surface area contributed by atoms with Gasteiger partial charge in [-0.05, 0) is 25.1 Å². The Morgan fingerprint density at radius 1 is 1.24 bits per heavy atom. The van der Waals surface area contributed by atoms with Gasteiger partial charge in [0.25, 0.3) is 0 Å². The maximum Gasteiger partial charge on any atom is 0.219 e. The van der Waals surface area contributed by atoms with Crippen molar-refractivity contribution in [3.8, 4) is 11.6 Å². The van der Waals surface area contributed by atoms with E-state index in [1.54, 1.807) is 12.1 Å². The van der Waals surface area contributed by atoms with E-state index in [0.29, 0.717) is 23.2 Å². The van der Waals surface area contributed by atoms with E-state index in [9.17, 15) is 0 Å². The number of nitrogens with two attached hydrogens (primary N) is 1. The average Bonchev–Trinajstić information content (AvgIpc) is 2.29. The van der Waals surface area contributed by atoms with Gasteiger partial charge in [0.05, 0.1) is 0 Å². The summed E-state index contributed by atoms with van der Waals surface area (Å²) in [6.45, 7) is 2.25. The largest absolute Gasteiger partial charge is 0.439 e. The molecule has 0 amide bonds. The number of hydrogen-bond donors (Lipinski definition) is 1. The van der Waals surface area contributed by atoms with Crippen molar-refractivity contribution < 1.29 is 4.74 Å². The Kier molecular flexibility index (Phi) is 3.61. The van der Waals surface area contributed by atoms with E-state index in [0.717, 1.165) is 11.3 Å². The maximum absolute atomic E-state index is 6.05. The van der Waals surface area contributed by atoms with Crippen LogP contribution in [0.25, 0.3) is 0 Å². The first kappa shape index (κ1) is 11.9. The first-order valence-corrected chi connectivity index (χ1v) is 5.67. The molecule has 3 nitrogen and oxygen atoms in total. The van der Waals surface area contributed by atoms with E-state index in [2.05, 4.69) is 4.98 Å². The van der Waals surface area contributed by atoms with E-state index < -0.39 is 0 Å². The van der Waals surface area contributed by atoms with Crippen LogP contribution in [0.15, 0.2) is 36.4 Å². The van der Waals surface area contributed by atoms with Gasteiger partial charge in [0.15, 0.2) is 0 Å². The number of pyridine rings is 1. The van der Waals surface area contributed by atoms with Gasteiger partial charge in [0.1, 0.15) is 5.75 Å². The highest BCUT2D eigenvalue weighted by Crippen LogP contribution is 2.29. The lowest BCUT2D eigenvalue weighted by atomic mass is 10.2. The summed E-state index contributed by atoms with van der Waals surface area (Å²) in [5.74, 6) is 1.19. The van der Waals surface area contributed by atoms with Gasteiger partial charge in [0.2, 0.25) is 5.88 Å². The molecule has 0 atom stereocenters. The van der Waals surface area contributed by atoms with Crippen molar-refractivity contribution in [2.75, 3.05) is 0 Å². The minimum Gasteiger partial charge on any atom is -0.439 e. The Morgan fingerprint density at radius 3 is 2.71 bits per heavy atom. The Morgan fingerprint density at radius 2 is 2.00 bits per heavy atom. The lowest BCUT2D eigenvalue weighted by Crippen LogP contribution is -2.01. The molecule has 4 heteroatoms. The summed E-state index contributed by atoms with van der Waals surface area (Å²) < 4.78 is 5.69. The number of benzene rings is 1. The topological polar surface area (TPSA) is 48.1 Å². The number of nitrogens with zero attached hydrogens (tertiary/aromatic N) is 1. The van der Waals surface area contributed by atoms with Crippen LogP contribution in [0.5, 0.6) is 11.6 Å². The fourth-order valence-corrected chi connectivity index (χ4v) is 1.76. The molecule has 0 aliphatic heterocycles. The molecule has 2 N–H and O–H groups in total. The molecule has 17 heavy (non-hydrogen) atoms. The van der Waals surface area contributed by atoms with Gasteiger partial charge in [-0.1, -0.05) is 23.7 Å². The summed E-state index contributed by atoms with van der Waals surface area (Å²) in [5, 5.41) is 0.609. The lowest BCUT2D eigenvalue weighted by Gasteiger charge is -2.10. The van der Waals surface area contributed by atoms with E-state index >= 15 is 0 Å². The number of halogens is 1. The molecule has 2 rings (SSSR count). The SMILES string of the molecule is Cc1cccc(Oc2cccc(Cl)c2CN)n1. The standard InChI is InChI=1S/C13H13ClN2O/c1-9-4-2-7-13(16-9)17-12-6-3-5-11(14)10(12)8-15/h2-7H,8,15H2,1H3. The van der Waals surface area contributed by atoms with E-state index in [1.165, 1.54) is 0 Å². The highest BCUT2D eigenvalue weighted by Gasteiger charge is 2.07. The highest BCUT2D eigenvalue weighted by atomic mass is 35.5. The van der Waals surface area contributed by atoms with Crippen LogP contribution in [-0.4, -0.2) is 4.98 Å². The minimum atomic E-state index is 0.334. The fraction of sp³-hybridized carbons (Fsp3) is 0.154. The third-order valence-electron chi connectivity index (χ3n) is 2.36. The highest BCUT2D eigenvalue weighted by molar-refractivity contribution is 6.31. The summed E-state index contributed by atoms with van der Waals surface area (Å²) in [4.78, 5) is 4.27. The van der Waals surface area contributed by atoms with Crippen molar-refractivity contribution in [3.05, 3.63) is 52.7 Å². The molecule has 1 aromatic heterocycles. The predicted molar refractivity (Wildman–Crippen MR) is 68.4 cm³/mol. The van der Waals surface area contributed by atoms with Crippen molar-refractivity contribution in [3.63, 3.8) is 0 Å². The monoisotopic (exact) mass is 248 g/mol. The maximum atomic E-state index is 6.05. The van der Waals surface area contributed by atoms with Crippen LogP contribution in [0.3, 0.4) is 0 Å². The molecule has 0 unspecified atom stereocenters. The summed E-state index contributed by atoms with van der Waals surface area (Å²) in [6, 6.07) is 11.1. The molecule has 0 saturated heterocycles. The Balaban J connectivity index is 2.33. The van der Waals surface area contributed by atoms with Crippen LogP contribution in [0.1, 0.15) is 11.3 Å². The third-order valence-corrected chi connectivity index (χ3v) is 2.71. The second kappa shape index (κ2) is 5.17. The van der Waals surface area contributed by atoms with E-state index in [-0.39, 0.29) is 0 Å². The molecule has 0 fully saturated rings. The zero-order valence-corrected chi connectivity index (χ0v) is 10.2. The van der Waals surface area contributed by atoms with Gasteiger partial charge in [0, 0.05) is 28.9 Å². The van der Waals surface area contributed by atoms with Gasteiger partial charge in [-0.15, -0.1) is 0 Å². The van der Waals surface area contributed by atoms with Crippen molar-refractivity contribution in [1.29, 1.82) is 0 Å². The predicted octanol–water partition coefficient (Wildman–Crippen LogP) is 3.29. The third kappa shape index (κ3) is 2.75. The number of ether oxygens (including phenoxy) is 1. The molecular formula is C13H13ClN2O. The molecule has 1 aromatic carbocycles. The summed E-state index contributed by atoms with van der Waals surface area (Å²) >= 11 is 6.05. The van der Waals surface area contributed by atoms with Crippen molar-refractivity contribution in [1.82, 2.24) is 4.98 Å². The zero-order valence-electron chi connectivity index (χ0n) is 9.48. The Labute approximate surface area is 105 Å². The van der Waals surface area contributed by atoms with Crippen molar-refractivity contribution >= 4 is 11.6 Å². The van der Waals surface area contributed by atoms with Crippen LogP contribution in [0.4, 0.5) is 0 Å². The molecule has 88 valence electrons. The van der Waals surface area contributed by atoms with Gasteiger partial charge in [-0.3, -0.25) is 0 Å². The Hall–Kier alpha value is -1.58. The number of rotatable bonds is 3. The van der Waals surface area contributed by atoms with Crippen LogP contribution in [0, 0.1) is 6.92 Å². The molecule has 2 aromatic rings. The quantitative estimate of drug-likeness (QED) is 0.907.